The summed E-state index contributed by atoms with van der Waals surface area (Å²) in [5.74, 6) is 0.677. The first-order chi connectivity index (χ1) is 8.99. The molecule has 1 aromatic carbocycles. The predicted octanol–water partition coefficient (Wildman–Crippen LogP) is 3.85. The van der Waals surface area contributed by atoms with E-state index in [9.17, 15) is 13.2 Å². The van der Waals surface area contributed by atoms with Crippen LogP contribution in [-0.4, -0.2) is 12.1 Å². The molecule has 6 heteroatoms. The molecule has 100 valence electrons. The van der Waals surface area contributed by atoms with Gasteiger partial charge in [0.25, 0.3) is 0 Å². The van der Waals surface area contributed by atoms with Crippen LogP contribution in [0.4, 0.5) is 24.5 Å². The number of ether oxygens (including phenoxy) is 1. The van der Waals surface area contributed by atoms with Gasteiger partial charge in [-0.1, -0.05) is 0 Å². The molecule has 19 heavy (non-hydrogen) atoms. The lowest BCUT2D eigenvalue weighted by Gasteiger charge is -2.10. The molecule has 0 aliphatic heterocycles. The van der Waals surface area contributed by atoms with Gasteiger partial charge in [0.05, 0.1) is 7.11 Å². The summed E-state index contributed by atoms with van der Waals surface area (Å²) in [5, 5.41) is 2.87. The van der Waals surface area contributed by atoms with Gasteiger partial charge in [-0.3, -0.25) is 4.98 Å². The Morgan fingerprint density at radius 3 is 2.32 bits per heavy atom. The van der Waals surface area contributed by atoms with E-state index in [0.717, 1.165) is 12.3 Å². The van der Waals surface area contributed by atoms with E-state index in [4.69, 9.17) is 4.74 Å². The normalized spacial score (nSPS) is 11.2. The summed E-state index contributed by atoms with van der Waals surface area (Å²) < 4.78 is 42.5. The second-order valence-electron chi connectivity index (χ2n) is 3.78. The Balaban J connectivity index is 2.18. The van der Waals surface area contributed by atoms with Gasteiger partial charge < -0.3 is 10.1 Å². The van der Waals surface area contributed by atoms with Crippen molar-refractivity contribution in [3.8, 4) is 5.75 Å². The van der Waals surface area contributed by atoms with Crippen LogP contribution in [0, 0.1) is 0 Å². The third-order valence-electron chi connectivity index (χ3n) is 2.43. The molecular weight excluding hydrogens is 257 g/mol. The minimum Gasteiger partial charge on any atom is -0.497 e. The van der Waals surface area contributed by atoms with Crippen molar-refractivity contribution >= 4 is 11.4 Å². The molecule has 2 rings (SSSR count). The first-order valence-electron chi connectivity index (χ1n) is 5.43. The summed E-state index contributed by atoms with van der Waals surface area (Å²) in [7, 11) is 1.54. The Hall–Kier alpha value is -2.24. The summed E-state index contributed by atoms with van der Waals surface area (Å²) in [4.78, 5) is 3.29. The van der Waals surface area contributed by atoms with Gasteiger partial charge in [0.15, 0.2) is 0 Å². The average Bonchev–Trinajstić information content (AvgIpc) is 2.39. The zero-order valence-electron chi connectivity index (χ0n) is 10.0. The van der Waals surface area contributed by atoms with Crippen LogP contribution in [0.1, 0.15) is 5.69 Å². The highest BCUT2D eigenvalue weighted by atomic mass is 19.4. The number of halogens is 3. The van der Waals surface area contributed by atoms with E-state index in [1.54, 1.807) is 31.4 Å². The fraction of sp³-hybridized carbons (Fsp3) is 0.154. The third-order valence-corrected chi connectivity index (χ3v) is 2.43. The summed E-state index contributed by atoms with van der Waals surface area (Å²) in [6, 6.07) is 9.30. The van der Waals surface area contributed by atoms with E-state index >= 15 is 0 Å². The number of aromatic nitrogens is 1. The van der Waals surface area contributed by atoms with Crippen LogP contribution in [0.15, 0.2) is 42.6 Å². The number of hydrogen-bond donors (Lipinski definition) is 1. The van der Waals surface area contributed by atoms with Gasteiger partial charge in [0.2, 0.25) is 0 Å². The van der Waals surface area contributed by atoms with E-state index in [0.29, 0.717) is 17.1 Å². The Morgan fingerprint density at radius 1 is 1.05 bits per heavy atom. The SMILES string of the molecule is COc1ccc(Nc2ccnc(C(F)(F)F)c2)cc1. The van der Waals surface area contributed by atoms with Gasteiger partial charge in [0.1, 0.15) is 11.4 Å². The molecule has 2 aromatic rings. The molecule has 1 N–H and O–H groups in total. The molecule has 1 aromatic heterocycles. The van der Waals surface area contributed by atoms with Crippen molar-refractivity contribution in [3.63, 3.8) is 0 Å². The van der Waals surface area contributed by atoms with Crippen LogP contribution in [-0.2, 0) is 6.18 Å². The molecule has 0 saturated heterocycles. The molecule has 0 spiro atoms. The predicted molar refractivity (Wildman–Crippen MR) is 65.5 cm³/mol. The van der Waals surface area contributed by atoms with Crippen LogP contribution in [0.5, 0.6) is 5.75 Å². The molecule has 0 unspecified atom stereocenters. The van der Waals surface area contributed by atoms with E-state index in [-0.39, 0.29) is 0 Å². The Labute approximate surface area is 108 Å². The molecule has 0 radical (unpaired) electrons. The van der Waals surface area contributed by atoms with Crippen LogP contribution < -0.4 is 10.1 Å². The van der Waals surface area contributed by atoms with Gasteiger partial charge in [-0.2, -0.15) is 13.2 Å². The monoisotopic (exact) mass is 268 g/mol. The molecule has 0 saturated carbocycles. The van der Waals surface area contributed by atoms with E-state index in [2.05, 4.69) is 10.3 Å². The smallest absolute Gasteiger partial charge is 0.433 e. The summed E-state index contributed by atoms with van der Waals surface area (Å²) in [6.07, 6.45) is -3.33. The summed E-state index contributed by atoms with van der Waals surface area (Å²) in [5.41, 5.74) is 0.0682. The van der Waals surface area contributed by atoms with Crippen molar-refractivity contribution < 1.29 is 17.9 Å². The lowest BCUT2D eigenvalue weighted by Crippen LogP contribution is -2.08. The second-order valence-corrected chi connectivity index (χ2v) is 3.78. The maximum atomic E-state index is 12.5. The number of methoxy groups -OCH3 is 1. The molecular formula is C13H11F3N2O. The van der Waals surface area contributed by atoms with Crippen LogP contribution >= 0.6 is 0 Å². The highest BCUT2D eigenvalue weighted by Crippen LogP contribution is 2.29. The van der Waals surface area contributed by atoms with Crippen LogP contribution in [0.2, 0.25) is 0 Å². The first kappa shape index (κ1) is 13.2. The maximum Gasteiger partial charge on any atom is 0.433 e. The number of hydrogen-bond acceptors (Lipinski definition) is 3. The van der Waals surface area contributed by atoms with Crippen LogP contribution in [0.3, 0.4) is 0 Å². The van der Waals surface area contributed by atoms with Gasteiger partial charge in [-0.25, -0.2) is 0 Å². The molecule has 0 atom stereocenters. The van der Waals surface area contributed by atoms with Crippen molar-refractivity contribution in [2.75, 3.05) is 12.4 Å². The van der Waals surface area contributed by atoms with E-state index in [1.807, 2.05) is 0 Å². The number of anilines is 2. The fourth-order valence-electron chi connectivity index (χ4n) is 1.50. The van der Waals surface area contributed by atoms with Crippen molar-refractivity contribution in [2.45, 2.75) is 6.18 Å². The topological polar surface area (TPSA) is 34.1 Å². The van der Waals surface area contributed by atoms with Gasteiger partial charge in [-0.05, 0) is 36.4 Å². The number of nitrogens with one attached hydrogen (secondary N) is 1. The second kappa shape index (κ2) is 5.17. The number of rotatable bonds is 3. The number of benzene rings is 1. The third kappa shape index (κ3) is 3.37. The average molecular weight is 268 g/mol. The largest absolute Gasteiger partial charge is 0.497 e. The van der Waals surface area contributed by atoms with Gasteiger partial charge >= 0.3 is 6.18 Å². The number of alkyl halides is 3. The molecule has 3 nitrogen and oxygen atoms in total. The lowest BCUT2D eigenvalue weighted by atomic mass is 10.2. The Kier molecular flexibility index (Phi) is 3.59. The highest BCUT2D eigenvalue weighted by Gasteiger charge is 2.32. The maximum absolute atomic E-state index is 12.5. The molecule has 0 aliphatic carbocycles. The molecule has 1 heterocycles. The van der Waals surface area contributed by atoms with Gasteiger partial charge in [0, 0.05) is 17.6 Å². The van der Waals surface area contributed by atoms with Crippen molar-refractivity contribution in [2.24, 2.45) is 0 Å². The zero-order valence-corrected chi connectivity index (χ0v) is 10.0. The first-order valence-corrected chi connectivity index (χ1v) is 5.43. The van der Waals surface area contributed by atoms with Crippen molar-refractivity contribution in [1.29, 1.82) is 0 Å². The van der Waals surface area contributed by atoms with Gasteiger partial charge in [-0.15, -0.1) is 0 Å². The molecule has 0 bridgehead atoms. The Morgan fingerprint density at radius 2 is 1.74 bits per heavy atom. The van der Waals surface area contributed by atoms with Crippen molar-refractivity contribution in [1.82, 2.24) is 4.98 Å². The molecule has 0 amide bonds. The highest BCUT2D eigenvalue weighted by molar-refractivity contribution is 5.60. The van der Waals surface area contributed by atoms with E-state index in [1.165, 1.54) is 6.07 Å². The summed E-state index contributed by atoms with van der Waals surface area (Å²) >= 11 is 0. The van der Waals surface area contributed by atoms with Crippen LogP contribution in [0.25, 0.3) is 0 Å². The standard InChI is InChI=1S/C13H11F3N2O/c1-19-11-4-2-9(3-5-11)18-10-6-7-17-12(8-10)13(14,15)16/h2-8H,1H3,(H,17,18). The molecule has 0 aliphatic rings. The minimum atomic E-state index is -4.45. The fourth-order valence-corrected chi connectivity index (χ4v) is 1.50. The quantitative estimate of drug-likeness (QED) is 0.918. The molecule has 0 fully saturated rings. The Bertz CT molecular complexity index is 553. The number of nitrogens with zero attached hydrogens (tertiary/aromatic N) is 1. The lowest BCUT2D eigenvalue weighted by molar-refractivity contribution is -0.141. The van der Waals surface area contributed by atoms with E-state index < -0.39 is 11.9 Å². The zero-order chi connectivity index (χ0) is 13.9. The number of pyridine rings is 1. The van der Waals surface area contributed by atoms with Crippen molar-refractivity contribution in [3.05, 3.63) is 48.3 Å². The minimum absolute atomic E-state index is 0.326. The summed E-state index contributed by atoms with van der Waals surface area (Å²) in [6.45, 7) is 0.